The van der Waals surface area contributed by atoms with Crippen LogP contribution in [-0.4, -0.2) is 67.4 Å². The van der Waals surface area contributed by atoms with Gasteiger partial charge in [0.2, 0.25) is 0 Å². The third-order valence-corrected chi connectivity index (χ3v) is 7.47. The first kappa shape index (κ1) is 15.5. The van der Waals surface area contributed by atoms with Gasteiger partial charge in [-0.1, -0.05) is 0 Å². The summed E-state index contributed by atoms with van der Waals surface area (Å²) in [6.07, 6.45) is 0. The number of hydrogen-bond acceptors (Lipinski definition) is 2. The quantitative estimate of drug-likeness (QED) is 0.628. The predicted molar refractivity (Wildman–Crippen MR) is 65.7 cm³/mol. The molecule has 0 radical (unpaired) electrons. The summed E-state index contributed by atoms with van der Waals surface area (Å²) in [5.74, 6) is 0. The van der Waals surface area contributed by atoms with Crippen molar-refractivity contribution in [2.75, 3.05) is 26.2 Å². The summed E-state index contributed by atoms with van der Waals surface area (Å²) in [6.45, 7) is 13.8. The van der Waals surface area contributed by atoms with Gasteiger partial charge in [0.1, 0.15) is 0 Å². The Morgan fingerprint density at radius 2 is 0.833 bits per heavy atom. The molecule has 0 N–H and O–H groups in total. The third-order valence-electron chi connectivity index (χ3n) is 2.16. The van der Waals surface area contributed by atoms with E-state index in [4.69, 9.17) is 0 Å². The minimum absolute atomic E-state index is 0.913. The Hall–Kier alpha value is 1.01. The Kier molecular flexibility index (Phi) is 15.5. The fraction of sp³-hybridized carbons (Fsp3) is 1.00. The van der Waals surface area contributed by atoms with Crippen molar-refractivity contribution < 1.29 is 0 Å². The van der Waals surface area contributed by atoms with Crippen molar-refractivity contribution in [2.24, 2.45) is 0 Å². The summed E-state index contributed by atoms with van der Waals surface area (Å²) in [6, 6.07) is 0. The molecule has 0 heterocycles. The molecule has 0 saturated carbocycles. The Morgan fingerprint density at radius 3 is 0.833 bits per heavy atom. The minimum atomic E-state index is 0.913. The summed E-state index contributed by atoms with van der Waals surface area (Å²) in [5.41, 5.74) is 0. The molecule has 0 rings (SSSR count). The van der Waals surface area contributed by atoms with Gasteiger partial charge in [-0.05, 0) is 0 Å². The molecule has 2 nitrogen and oxygen atoms in total. The molecular formula is C8H26Ge2N2. The van der Waals surface area contributed by atoms with Crippen LogP contribution >= 0.6 is 0 Å². The Bertz CT molecular complexity index is 63.5. The van der Waals surface area contributed by atoms with Crippen molar-refractivity contribution in [3.8, 4) is 0 Å². The normalized spacial score (nSPS) is 10.5. The number of nitrogens with zero attached hydrogens (tertiary/aromatic N) is 2. The van der Waals surface area contributed by atoms with E-state index in [0.29, 0.717) is 0 Å². The molecule has 0 amide bonds. The van der Waals surface area contributed by atoms with Crippen LogP contribution in [0, 0.1) is 0 Å². The van der Waals surface area contributed by atoms with Gasteiger partial charge in [0, 0.05) is 0 Å². The molecular weight excluding hydrogens is 269 g/mol. The summed E-state index contributed by atoms with van der Waals surface area (Å²) >= 11 is 1.83. The van der Waals surface area contributed by atoms with Gasteiger partial charge in [-0.2, -0.15) is 0 Å². The van der Waals surface area contributed by atoms with E-state index in [1.54, 1.807) is 0 Å². The van der Waals surface area contributed by atoms with Crippen molar-refractivity contribution >= 4 is 33.5 Å². The maximum absolute atomic E-state index is 2.44. The Morgan fingerprint density at radius 1 is 0.667 bits per heavy atom. The summed E-state index contributed by atoms with van der Waals surface area (Å²) < 4.78 is 4.88. The van der Waals surface area contributed by atoms with Gasteiger partial charge in [-0.25, -0.2) is 0 Å². The van der Waals surface area contributed by atoms with Gasteiger partial charge in [0.15, 0.2) is 0 Å². The number of hydrogen-bond donors (Lipinski definition) is 0. The Balaban J connectivity index is 0. The van der Waals surface area contributed by atoms with Gasteiger partial charge < -0.3 is 0 Å². The van der Waals surface area contributed by atoms with Gasteiger partial charge in [-0.15, -0.1) is 0 Å². The third kappa shape index (κ3) is 13.6. The second kappa shape index (κ2) is 12.0. The van der Waals surface area contributed by atoms with Crippen LogP contribution in [0.3, 0.4) is 0 Å². The van der Waals surface area contributed by atoms with Crippen molar-refractivity contribution in [1.82, 2.24) is 7.71 Å². The van der Waals surface area contributed by atoms with E-state index in [9.17, 15) is 0 Å². The molecule has 0 aliphatic heterocycles. The van der Waals surface area contributed by atoms with Crippen LogP contribution in [0.5, 0.6) is 0 Å². The molecule has 0 aromatic carbocycles. The fourth-order valence-corrected chi connectivity index (χ4v) is 0.447. The first-order chi connectivity index (χ1) is 5.62. The van der Waals surface area contributed by atoms with E-state index < -0.39 is 0 Å². The fourth-order valence-electron chi connectivity index (χ4n) is 0.447. The van der Waals surface area contributed by atoms with Crippen LogP contribution < -0.4 is 0 Å². The van der Waals surface area contributed by atoms with Gasteiger partial charge in [-0.3, -0.25) is 0 Å². The second-order valence-corrected chi connectivity index (χ2v) is 8.28. The van der Waals surface area contributed by atoms with Gasteiger partial charge in [0.25, 0.3) is 0 Å². The molecule has 0 aromatic rings. The molecule has 12 heavy (non-hydrogen) atoms. The first-order valence-corrected chi connectivity index (χ1v) is 8.74. The zero-order valence-electron chi connectivity index (χ0n) is 9.72. The van der Waals surface area contributed by atoms with Crippen LogP contribution in [0.2, 0.25) is 0 Å². The van der Waals surface area contributed by atoms with Crippen LogP contribution in [0.15, 0.2) is 0 Å². The summed E-state index contributed by atoms with van der Waals surface area (Å²) in [5, 5.41) is 0. The average molecular weight is 296 g/mol. The maximum atomic E-state index is 2.44. The molecule has 0 aliphatic carbocycles. The molecule has 0 aliphatic rings. The second-order valence-electron chi connectivity index (χ2n) is 2.98. The summed E-state index contributed by atoms with van der Waals surface area (Å²) in [7, 11) is 0. The predicted octanol–water partition coefficient (Wildman–Crippen LogP) is -0.783. The molecule has 0 spiro atoms. The molecule has 4 heteroatoms. The SMILES string of the molecule is CC[N]([GeH3])CC.CC[N]([GeH3])CC. The average Bonchev–Trinajstić information content (AvgIpc) is 2.16. The van der Waals surface area contributed by atoms with Gasteiger partial charge in [0.05, 0.1) is 0 Å². The van der Waals surface area contributed by atoms with Crippen LogP contribution in [0.25, 0.3) is 0 Å². The van der Waals surface area contributed by atoms with E-state index >= 15 is 0 Å². The van der Waals surface area contributed by atoms with Gasteiger partial charge >= 0.3 is 95.1 Å². The molecule has 76 valence electrons. The van der Waals surface area contributed by atoms with Crippen molar-refractivity contribution in [3.63, 3.8) is 0 Å². The van der Waals surface area contributed by atoms with Crippen molar-refractivity contribution in [1.29, 1.82) is 0 Å². The first-order valence-electron chi connectivity index (χ1n) is 4.99. The monoisotopic (exact) mass is 298 g/mol. The van der Waals surface area contributed by atoms with Crippen molar-refractivity contribution in [3.05, 3.63) is 0 Å². The van der Waals surface area contributed by atoms with E-state index in [2.05, 4.69) is 35.4 Å². The molecule has 0 saturated heterocycles. The van der Waals surface area contributed by atoms with E-state index in [-0.39, 0.29) is 0 Å². The Labute approximate surface area is 95.0 Å². The zero-order chi connectivity index (χ0) is 9.98. The van der Waals surface area contributed by atoms with E-state index in [1.165, 1.54) is 26.2 Å². The standard InChI is InChI=1S/2C4H13GeN/c2*1-3-6(5)4-2/h2*3-4H2,1-2,5H3. The molecule has 0 atom stereocenters. The topological polar surface area (TPSA) is 6.48 Å². The van der Waals surface area contributed by atoms with Crippen molar-refractivity contribution in [2.45, 2.75) is 27.7 Å². The molecule has 0 fully saturated rings. The van der Waals surface area contributed by atoms with E-state index in [1.807, 2.05) is 0 Å². The van der Waals surface area contributed by atoms with Crippen LogP contribution in [0.1, 0.15) is 27.7 Å². The molecule has 0 unspecified atom stereocenters. The van der Waals surface area contributed by atoms with E-state index in [0.717, 1.165) is 33.5 Å². The molecule has 0 aromatic heterocycles. The number of rotatable bonds is 4. The molecule has 0 bridgehead atoms. The zero-order valence-corrected chi connectivity index (χ0v) is 18.1. The van der Waals surface area contributed by atoms with Crippen LogP contribution in [-0.2, 0) is 0 Å². The summed E-state index contributed by atoms with van der Waals surface area (Å²) in [4.78, 5) is 0. The van der Waals surface area contributed by atoms with Crippen LogP contribution in [0.4, 0.5) is 0 Å².